The lowest BCUT2D eigenvalue weighted by Gasteiger charge is -2.23. The number of alkyl halides is 2. The van der Waals surface area contributed by atoms with Crippen molar-refractivity contribution in [2.45, 2.75) is 19.5 Å². The van der Waals surface area contributed by atoms with Gasteiger partial charge in [0.25, 0.3) is 6.43 Å². The van der Waals surface area contributed by atoms with E-state index in [1.165, 1.54) is 32.2 Å². The van der Waals surface area contributed by atoms with Crippen LogP contribution in [0.3, 0.4) is 0 Å². The first-order valence-electron chi connectivity index (χ1n) is 4.89. The number of benzene rings is 1. The molecule has 0 spiro atoms. The van der Waals surface area contributed by atoms with E-state index in [1.54, 1.807) is 0 Å². The molecule has 1 rings (SSSR count). The van der Waals surface area contributed by atoms with Gasteiger partial charge in [0.2, 0.25) is 0 Å². The van der Waals surface area contributed by atoms with Crippen LogP contribution in [-0.2, 0) is 0 Å². The van der Waals surface area contributed by atoms with Gasteiger partial charge < -0.3 is 10.0 Å². The van der Waals surface area contributed by atoms with Gasteiger partial charge in [-0.3, -0.25) is 0 Å². The highest BCUT2D eigenvalue weighted by atomic mass is 19.3. The Morgan fingerprint density at radius 3 is 2.50 bits per heavy atom. The molecular formula is C11H14F3NO. The molecular weight excluding hydrogens is 219 g/mol. The average Bonchev–Trinajstić information content (AvgIpc) is 2.15. The summed E-state index contributed by atoms with van der Waals surface area (Å²) in [6.45, 7) is 0.898. The number of rotatable bonds is 4. The van der Waals surface area contributed by atoms with E-state index in [0.29, 0.717) is 5.56 Å². The highest BCUT2D eigenvalue weighted by Gasteiger charge is 2.18. The average molecular weight is 233 g/mol. The van der Waals surface area contributed by atoms with Crippen molar-refractivity contribution in [2.75, 3.05) is 18.5 Å². The molecule has 0 aliphatic rings. The van der Waals surface area contributed by atoms with Crippen LogP contribution >= 0.6 is 0 Å². The maximum absolute atomic E-state index is 13.5. The van der Waals surface area contributed by atoms with Crippen LogP contribution in [-0.4, -0.2) is 25.1 Å². The Morgan fingerprint density at radius 2 is 2.00 bits per heavy atom. The Kier molecular flexibility index (Phi) is 4.18. The topological polar surface area (TPSA) is 23.5 Å². The van der Waals surface area contributed by atoms with E-state index in [-0.39, 0.29) is 5.69 Å². The number of hydrogen-bond donors (Lipinski definition) is 1. The Balaban J connectivity index is 3.09. The standard InChI is InChI=1S/C11H14F3NO/c1-7(16)8-4-3-5-9(12)11(8)15(2)6-10(13)14/h3-5,7,10,16H,6H2,1-2H3/t7-/m1/s1. The third kappa shape index (κ3) is 2.88. The Bertz CT molecular complexity index is 355. The third-order valence-corrected chi connectivity index (χ3v) is 2.26. The molecule has 1 aromatic carbocycles. The minimum Gasteiger partial charge on any atom is -0.389 e. The zero-order valence-electron chi connectivity index (χ0n) is 9.12. The minimum absolute atomic E-state index is 0.0257. The summed E-state index contributed by atoms with van der Waals surface area (Å²) in [4.78, 5) is 1.11. The van der Waals surface area contributed by atoms with Crippen molar-refractivity contribution in [3.63, 3.8) is 0 Å². The van der Waals surface area contributed by atoms with Gasteiger partial charge in [-0.05, 0) is 13.0 Å². The molecule has 0 aromatic heterocycles. The quantitative estimate of drug-likeness (QED) is 0.864. The number of aliphatic hydroxyl groups excluding tert-OH is 1. The molecule has 0 aliphatic carbocycles. The predicted molar refractivity (Wildman–Crippen MR) is 56.3 cm³/mol. The summed E-state index contributed by atoms with van der Waals surface area (Å²) >= 11 is 0. The monoisotopic (exact) mass is 233 g/mol. The molecule has 0 heterocycles. The fraction of sp³-hybridized carbons (Fsp3) is 0.455. The van der Waals surface area contributed by atoms with E-state index >= 15 is 0 Å². The summed E-state index contributed by atoms with van der Waals surface area (Å²) in [5, 5.41) is 9.43. The van der Waals surface area contributed by atoms with Crippen molar-refractivity contribution in [3.8, 4) is 0 Å². The molecule has 2 nitrogen and oxygen atoms in total. The number of anilines is 1. The number of para-hydroxylation sites is 1. The first-order chi connectivity index (χ1) is 7.43. The summed E-state index contributed by atoms with van der Waals surface area (Å²) < 4.78 is 37.9. The van der Waals surface area contributed by atoms with Gasteiger partial charge >= 0.3 is 0 Å². The van der Waals surface area contributed by atoms with E-state index in [1.807, 2.05) is 0 Å². The van der Waals surface area contributed by atoms with E-state index in [9.17, 15) is 18.3 Å². The van der Waals surface area contributed by atoms with Gasteiger partial charge in [-0.15, -0.1) is 0 Å². The van der Waals surface area contributed by atoms with Gasteiger partial charge in [-0.25, -0.2) is 13.2 Å². The molecule has 90 valence electrons. The molecule has 0 unspecified atom stereocenters. The van der Waals surface area contributed by atoms with E-state index in [0.717, 1.165) is 4.90 Å². The van der Waals surface area contributed by atoms with E-state index in [2.05, 4.69) is 0 Å². The van der Waals surface area contributed by atoms with Crippen molar-refractivity contribution in [1.82, 2.24) is 0 Å². The Morgan fingerprint density at radius 1 is 1.38 bits per heavy atom. The first-order valence-corrected chi connectivity index (χ1v) is 4.89. The van der Waals surface area contributed by atoms with Gasteiger partial charge in [0.15, 0.2) is 0 Å². The fourth-order valence-electron chi connectivity index (χ4n) is 1.57. The highest BCUT2D eigenvalue weighted by Crippen LogP contribution is 2.28. The van der Waals surface area contributed by atoms with Crippen LogP contribution in [0.1, 0.15) is 18.6 Å². The molecule has 1 aromatic rings. The normalized spacial score (nSPS) is 12.9. The number of nitrogens with zero attached hydrogens (tertiary/aromatic N) is 1. The molecule has 0 aliphatic heterocycles. The van der Waals surface area contributed by atoms with Gasteiger partial charge in [0, 0.05) is 12.6 Å². The van der Waals surface area contributed by atoms with E-state index in [4.69, 9.17) is 0 Å². The molecule has 5 heteroatoms. The zero-order valence-corrected chi connectivity index (χ0v) is 9.12. The lowest BCUT2D eigenvalue weighted by atomic mass is 10.1. The van der Waals surface area contributed by atoms with Crippen molar-refractivity contribution in [3.05, 3.63) is 29.6 Å². The Labute approximate surface area is 92.3 Å². The predicted octanol–water partition coefficient (Wildman–Crippen LogP) is 2.58. The van der Waals surface area contributed by atoms with Crippen molar-refractivity contribution in [1.29, 1.82) is 0 Å². The molecule has 0 amide bonds. The van der Waals surface area contributed by atoms with Crippen LogP contribution in [0.25, 0.3) is 0 Å². The van der Waals surface area contributed by atoms with Crippen LogP contribution in [0.2, 0.25) is 0 Å². The summed E-state index contributed by atoms with van der Waals surface area (Å²) in [6, 6.07) is 4.14. The molecule has 1 N–H and O–H groups in total. The summed E-state index contributed by atoms with van der Waals surface area (Å²) in [5.41, 5.74) is 0.334. The highest BCUT2D eigenvalue weighted by molar-refractivity contribution is 5.55. The smallest absolute Gasteiger partial charge is 0.255 e. The van der Waals surface area contributed by atoms with Gasteiger partial charge in [0.1, 0.15) is 5.82 Å². The molecule has 0 saturated heterocycles. The van der Waals surface area contributed by atoms with Crippen molar-refractivity contribution < 1.29 is 18.3 Å². The third-order valence-electron chi connectivity index (χ3n) is 2.26. The van der Waals surface area contributed by atoms with E-state index < -0.39 is 24.9 Å². The first kappa shape index (κ1) is 12.8. The molecule has 0 saturated carbocycles. The molecule has 0 fully saturated rings. The maximum Gasteiger partial charge on any atom is 0.255 e. The second-order valence-corrected chi connectivity index (χ2v) is 3.63. The molecule has 0 bridgehead atoms. The van der Waals surface area contributed by atoms with Crippen LogP contribution < -0.4 is 4.90 Å². The summed E-state index contributed by atoms with van der Waals surface area (Å²) in [7, 11) is 1.37. The lowest BCUT2D eigenvalue weighted by molar-refractivity contribution is 0.155. The van der Waals surface area contributed by atoms with Crippen molar-refractivity contribution in [2.24, 2.45) is 0 Å². The Hall–Kier alpha value is -1.23. The molecule has 1 atom stereocenters. The minimum atomic E-state index is -2.55. The molecule has 16 heavy (non-hydrogen) atoms. The van der Waals surface area contributed by atoms with Crippen LogP contribution in [0.15, 0.2) is 18.2 Å². The number of hydrogen-bond acceptors (Lipinski definition) is 2. The van der Waals surface area contributed by atoms with Gasteiger partial charge in [-0.1, -0.05) is 12.1 Å². The summed E-state index contributed by atoms with van der Waals surface area (Å²) in [5.74, 6) is -0.610. The zero-order chi connectivity index (χ0) is 12.3. The SMILES string of the molecule is C[C@@H](O)c1cccc(F)c1N(C)CC(F)F. The second kappa shape index (κ2) is 5.21. The van der Waals surface area contributed by atoms with Gasteiger partial charge in [0.05, 0.1) is 18.3 Å². The van der Waals surface area contributed by atoms with Crippen LogP contribution in [0.5, 0.6) is 0 Å². The fourth-order valence-corrected chi connectivity index (χ4v) is 1.57. The van der Waals surface area contributed by atoms with Crippen molar-refractivity contribution >= 4 is 5.69 Å². The largest absolute Gasteiger partial charge is 0.389 e. The summed E-state index contributed by atoms with van der Waals surface area (Å²) in [6.07, 6.45) is -3.45. The number of aliphatic hydroxyl groups is 1. The second-order valence-electron chi connectivity index (χ2n) is 3.63. The van der Waals surface area contributed by atoms with Crippen LogP contribution in [0, 0.1) is 5.82 Å². The molecule has 0 radical (unpaired) electrons. The number of halogens is 3. The maximum atomic E-state index is 13.5. The van der Waals surface area contributed by atoms with Crippen LogP contribution in [0.4, 0.5) is 18.9 Å². The lowest BCUT2D eigenvalue weighted by Crippen LogP contribution is -2.26. The van der Waals surface area contributed by atoms with Gasteiger partial charge in [-0.2, -0.15) is 0 Å².